The number of carbonyl (C=O) groups excluding carboxylic acids is 1. The molecule has 0 saturated heterocycles. The molecule has 0 atom stereocenters. The van der Waals surface area contributed by atoms with Gasteiger partial charge in [-0.2, -0.15) is 5.10 Å². The standard InChI is InChI=1S/C12H13N3O2/c1-7-3-4-10(8(2)11(7)16)15-12(17)9-5-13-14-6-9/h3-6,16H,1-2H3,(H,13,14)(H,15,17). The number of H-pyrrole nitrogens is 1. The van der Waals surface area contributed by atoms with E-state index in [4.69, 9.17) is 0 Å². The summed E-state index contributed by atoms with van der Waals surface area (Å²) in [5, 5.41) is 18.8. The lowest BCUT2D eigenvalue weighted by molar-refractivity contribution is 0.102. The summed E-state index contributed by atoms with van der Waals surface area (Å²) < 4.78 is 0. The third kappa shape index (κ3) is 2.13. The normalized spacial score (nSPS) is 10.2. The summed E-state index contributed by atoms with van der Waals surface area (Å²) in [6.07, 6.45) is 2.96. The predicted octanol–water partition coefficient (Wildman–Crippen LogP) is 1.98. The van der Waals surface area contributed by atoms with Gasteiger partial charge in [-0.05, 0) is 25.5 Å². The second kappa shape index (κ2) is 4.29. The third-order valence-corrected chi connectivity index (χ3v) is 2.64. The zero-order chi connectivity index (χ0) is 12.4. The summed E-state index contributed by atoms with van der Waals surface area (Å²) in [5.41, 5.74) is 2.48. The molecule has 0 aliphatic rings. The first-order valence-electron chi connectivity index (χ1n) is 5.19. The highest BCUT2D eigenvalue weighted by molar-refractivity contribution is 6.04. The van der Waals surface area contributed by atoms with E-state index in [0.29, 0.717) is 16.8 Å². The highest BCUT2D eigenvalue weighted by Gasteiger charge is 2.11. The van der Waals surface area contributed by atoms with Crippen LogP contribution < -0.4 is 5.32 Å². The summed E-state index contributed by atoms with van der Waals surface area (Å²) >= 11 is 0. The van der Waals surface area contributed by atoms with Gasteiger partial charge in [-0.1, -0.05) is 6.07 Å². The molecule has 0 saturated carbocycles. The predicted molar refractivity (Wildman–Crippen MR) is 64.1 cm³/mol. The van der Waals surface area contributed by atoms with Gasteiger partial charge in [0.1, 0.15) is 5.75 Å². The van der Waals surface area contributed by atoms with Gasteiger partial charge in [0.05, 0.1) is 11.8 Å². The molecule has 17 heavy (non-hydrogen) atoms. The molecule has 0 aliphatic heterocycles. The van der Waals surface area contributed by atoms with E-state index in [0.717, 1.165) is 5.56 Å². The number of hydrogen-bond donors (Lipinski definition) is 3. The number of aromatic nitrogens is 2. The Morgan fingerprint density at radius 3 is 2.82 bits per heavy atom. The maximum Gasteiger partial charge on any atom is 0.258 e. The molecule has 2 rings (SSSR count). The van der Waals surface area contributed by atoms with E-state index >= 15 is 0 Å². The topological polar surface area (TPSA) is 78.0 Å². The molecule has 1 heterocycles. The highest BCUT2D eigenvalue weighted by atomic mass is 16.3. The first-order chi connectivity index (χ1) is 8.09. The molecule has 5 heteroatoms. The monoisotopic (exact) mass is 231 g/mol. The second-order valence-electron chi connectivity index (χ2n) is 3.84. The maximum absolute atomic E-state index is 11.8. The summed E-state index contributed by atoms with van der Waals surface area (Å²) in [4.78, 5) is 11.8. The smallest absolute Gasteiger partial charge is 0.258 e. The largest absolute Gasteiger partial charge is 0.507 e. The Hall–Kier alpha value is -2.30. The van der Waals surface area contributed by atoms with Gasteiger partial charge >= 0.3 is 0 Å². The van der Waals surface area contributed by atoms with Gasteiger partial charge in [0.2, 0.25) is 0 Å². The van der Waals surface area contributed by atoms with Gasteiger partial charge in [0.15, 0.2) is 0 Å². The number of aryl methyl sites for hydroxylation is 1. The van der Waals surface area contributed by atoms with Gasteiger partial charge < -0.3 is 10.4 Å². The Bertz CT molecular complexity index is 547. The van der Waals surface area contributed by atoms with Crippen molar-refractivity contribution in [2.75, 3.05) is 5.32 Å². The van der Waals surface area contributed by atoms with Crippen LogP contribution in [-0.4, -0.2) is 21.2 Å². The van der Waals surface area contributed by atoms with Crippen molar-refractivity contribution in [2.45, 2.75) is 13.8 Å². The second-order valence-corrected chi connectivity index (χ2v) is 3.84. The zero-order valence-corrected chi connectivity index (χ0v) is 9.61. The van der Waals surface area contributed by atoms with Crippen molar-refractivity contribution in [2.24, 2.45) is 0 Å². The van der Waals surface area contributed by atoms with E-state index in [1.165, 1.54) is 12.4 Å². The quantitative estimate of drug-likeness (QED) is 0.739. The number of hydrogen-bond acceptors (Lipinski definition) is 3. The van der Waals surface area contributed by atoms with Crippen LogP contribution in [0.5, 0.6) is 5.75 Å². The number of carbonyl (C=O) groups is 1. The van der Waals surface area contributed by atoms with Crippen LogP contribution in [0.4, 0.5) is 5.69 Å². The Morgan fingerprint density at radius 1 is 1.41 bits per heavy atom. The lowest BCUT2D eigenvalue weighted by Crippen LogP contribution is -2.12. The first-order valence-corrected chi connectivity index (χ1v) is 5.19. The van der Waals surface area contributed by atoms with Crippen LogP contribution in [0.1, 0.15) is 21.5 Å². The fourth-order valence-electron chi connectivity index (χ4n) is 1.54. The molecule has 0 radical (unpaired) electrons. The summed E-state index contributed by atoms with van der Waals surface area (Å²) in [5.74, 6) is -0.0555. The molecule has 0 unspecified atom stereocenters. The minimum atomic E-state index is -0.259. The van der Waals surface area contributed by atoms with Crippen molar-refractivity contribution >= 4 is 11.6 Å². The molecule has 3 N–H and O–H groups in total. The SMILES string of the molecule is Cc1ccc(NC(=O)c2cn[nH]c2)c(C)c1O. The van der Waals surface area contributed by atoms with Crippen molar-refractivity contribution in [1.29, 1.82) is 0 Å². The van der Waals surface area contributed by atoms with Gasteiger partial charge in [0.25, 0.3) is 5.91 Å². The van der Waals surface area contributed by atoms with Crippen molar-refractivity contribution in [3.63, 3.8) is 0 Å². The Kier molecular flexibility index (Phi) is 2.82. The van der Waals surface area contributed by atoms with Crippen LogP contribution in [0, 0.1) is 13.8 Å². The zero-order valence-electron chi connectivity index (χ0n) is 9.61. The summed E-state index contributed by atoms with van der Waals surface area (Å²) in [6.45, 7) is 3.57. The Labute approximate surface area is 98.5 Å². The molecule has 1 amide bonds. The van der Waals surface area contributed by atoms with Crippen LogP contribution in [0.25, 0.3) is 0 Å². The molecule has 1 aromatic carbocycles. The summed E-state index contributed by atoms with van der Waals surface area (Å²) in [6, 6.07) is 3.52. The number of phenols is 1. The lowest BCUT2D eigenvalue weighted by Gasteiger charge is -2.10. The van der Waals surface area contributed by atoms with Crippen LogP contribution in [0.15, 0.2) is 24.5 Å². The van der Waals surface area contributed by atoms with Gasteiger partial charge in [-0.3, -0.25) is 9.89 Å². The molecular weight excluding hydrogens is 218 g/mol. The van der Waals surface area contributed by atoms with E-state index in [9.17, 15) is 9.90 Å². The number of amides is 1. The summed E-state index contributed by atoms with van der Waals surface area (Å²) in [7, 11) is 0. The number of anilines is 1. The van der Waals surface area contributed by atoms with Crippen molar-refractivity contribution < 1.29 is 9.90 Å². The maximum atomic E-state index is 11.8. The average Bonchev–Trinajstić information content (AvgIpc) is 2.83. The molecule has 1 aromatic heterocycles. The van der Waals surface area contributed by atoms with Crippen LogP contribution >= 0.6 is 0 Å². The molecule has 0 bridgehead atoms. The van der Waals surface area contributed by atoms with E-state index < -0.39 is 0 Å². The van der Waals surface area contributed by atoms with Gasteiger partial charge in [-0.25, -0.2) is 0 Å². The fraction of sp³-hybridized carbons (Fsp3) is 0.167. The van der Waals surface area contributed by atoms with Gasteiger partial charge in [0, 0.05) is 17.4 Å². The van der Waals surface area contributed by atoms with Crippen LogP contribution in [0.2, 0.25) is 0 Å². The van der Waals surface area contributed by atoms with Crippen molar-refractivity contribution in [1.82, 2.24) is 10.2 Å². The number of rotatable bonds is 2. The number of aromatic hydroxyl groups is 1. The molecule has 88 valence electrons. The van der Waals surface area contributed by atoms with Crippen molar-refractivity contribution in [3.05, 3.63) is 41.2 Å². The molecule has 2 aromatic rings. The van der Waals surface area contributed by atoms with E-state index in [2.05, 4.69) is 15.5 Å². The average molecular weight is 231 g/mol. The van der Waals surface area contributed by atoms with E-state index in [1.54, 1.807) is 19.1 Å². The molecule has 0 aliphatic carbocycles. The number of benzene rings is 1. The minimum Gasteiger partial charge on any atom is -0.507 e. The first kappa shape index (κ1) is 11.2. The molecular formula is C12H13N3O2. The third-order valence-electron chi connectivity index (χ3n) is 2.64. The van der Waals surface area contributed by atoms with E-state index in [-0.39, 0.29) is 11.7 Å². The Balaban J connectivity index is 2.25. The number of phenolic OH excluding ortho intramolecular Hbond substituents is 1. The fourth-order valence-corrected chi connectivity index (χ4v) is 1.54. The molecule has 0 fully saturated rings. The number of nitrogens with one attached hydrogen (secondary N) is 2. The molecule has 5 nitrogen and oxygen atoms in total. The van der Waals surface area contributed by atoms with Crippen molar-refractivity contribution in [3.8, 4) is 5.75 Å². The molecule has 0 spiro atoms. The lowest BCUT2D eigenvalue weighted by atomic mass is 10.1. The van der Waals surface area contributed by atoms with Crippen LogP contribution in [-0.2, 0) is 0 Å². The van der Waals surface area contributed by atoms with E-state index in [1.807, 2.05) is 6.92 Å². The number of nitrogens with zero attached hydrogens (tertiary/aromatic N) is 1. The Morgan fingerprint density at radius 2 is 2.18 bits per heavy atom. The highest BCUT2D eigenvalue weighted by Crippen LogP contribution is 2.28. The number of aromatic amines is 1. The minimum absolute atomic E-state index is 0.204. The van der Waals surface area contributed by atoms with Crippen LogP contribution in [0.3, 0.4) is 0 Å². The van der Waals surface area contributed by atoms with Gasteiger partial charge in [-0.15, -0.1) is 0 Å².